The van der Waals surface area contributed by atoms with Gasteiger partial charge in [-0.2, -0.15) is 5.26 Å². The molecule has 38 heavy (non-hydrogen) atoms. The zero-order valence-corrected chi connectivity index (χ0v) is 21.1. The normalized spacial score (nSPS) is 14.2. The summed E-state index contributed by atoms with van der Waals surface area (Å²) >= 11 is 0. The fourth-order valence-corrected chi connectivity index (χ4v) is 4.44. The molecule has 1 heterocycles. The zero-order chi connectivity index (χ0) is 26.6. The molecule has 2 N–H and O–H groups in total. The van der Waals surface area contributed by atoms with Crippen molar-refractivity contribution in [1.29, 1.82) is 5.26 Å². The number of benzene rings is 4. The predicted octanol–water partition coefficient (Wildman–Crippen LogP) is 6.32. The summed E-state index contributed by atoms with van der Waals surface area (Å²) in [6, 6.07) is 30.3. The number of ether oxygens (including phenoxy) is 3. The van der Waals surface area contributed by atoms with Crippen molar-refractivity contribution in [1.82, 2.24) is 0 Å². The number of fused-ring (bicyclic) bond motifs is 1. The number of rotatable bonds is 6. The molecule has 188 valence electrons. The van der Waals surface area contributed by atoms with E-state index in [1.165, 1.54) is 5.56 Å². The van der Waals surface area contributed by atoms with E-state index in [-0.39, 0.29) is 5.88 Å². The first kappa shape index (κ1) is 24.7. The van der Waals surface area contributed by atoms with Gasteiger partial charge in [0.25, 0.3) is 0 Å². The molecule has 0 fully saturated rings. The van der Waals surface area contributed by atoms with Gasteiger partial charge in [-0.3, -0.25) is 0 Å². The van der Waals surface area contributed by atoms with Crippen LogP contribution in [0.5, 0.6) is 17.2 Å². The number of nitrogens with zero attached hydrogens (tertiary/aromatic N) is 1. The van der Waals surface area contributed by atoms with Gasteiger partial charge in [-0.1, -0.05) is 66.2 Å². The molecule has 5 rings (SSSR count). The fourth-order valence-electron chi connectivity index (χ4n) is 4.44. The lowest BCUT2D eigenvalue weighted by molar-refractivity contribution is 0.0733. The SMILES string of the molecule is Cc1ccc(COc2cccc(C3C(C#N)=C(N)Oc4cc(OC(=O)c5ccccc5C)ccc43)c2)cc1. The van der Waals surface area contributed by atoms with Crippen LogP contribution in [0.2, 0.25) is 0 Å². The minimum atomic E-state index is -0.465. The van der Waals surface area contributed by atoms with E-state index in [9.17, 15) is 10.1 Å². The topological polar surface area (TPSA) is 94.6 Å². The largest absolute Gasteiger partial charge is 0.489 e. The molecule has 0 saturated carbocycles. The molecule has 0 bridgehead atoms. The Kier molecular flexibility index (Phi) is 6.84. The third-order valence-electron chi connectivity index (χ3n) is 6.48. The molecule has 1 unspecified atom stereocenters. The van der Waals surface area contributed by atoms with Gasteiger partial charge >= 0.3 is 5.97 Å². The summed E-state index contributed by atoms with van der Waals surface area (Å²) < 4.78 is 17.5. The Morgan fingerprint density at radius 2 is 1.74 bits per heavy atom. The van der Waals surface area contributed by atoms with E-state index in [2.05, 4.69) is 6.07 Å². The Bertz CT molecular complexity index is 1580. The number of nitrogens with two attached hydrogens (primary N) is 1. The highest BCUT2D eigenvalue weighted by atomic mass is 16.5. The first-order chi connectivity index (χ1) is 18.4. The van der Waals surface area contributed by atoms with Gasteiger partial charge in [0, 0.05) is 11.6 Å². The second-order valence-corrected chi connectivity index (χ2v) is 9.18. The summed E-state index contributed by atoms with van der Waals surface area (Å²) in [6.45, 7) is 4.32. The number of carbonyl (C=O) groups excluding carboxylic acids is 1. The second-order valence-electron chi connectivity index (χ2n) is 9.18. The van der Waals surface area contributed by atoms with E-state index in [1.54, 1.807) is 30.3 Å². The van der Waals surface area contributed by atoms with Gasteiger partial charge in [0.1, 0.15) is 35.5 Å². The Balaban J connectivity index is 1.42. The summed E-state index contributed by atoms with van der Waals surface area (Å²) in [6.07, 6.45) is 0. The summed E-state index contributed by atoms with van der Waals surface area (Å²) in [5.74, 6) is 0.503. The van der Waals surface area contributed by atoms with E-state index >= 15 is 0 Å². The van der Waals surface area contributed by atoms with Crippen molar-refractivity contribution in [3.63, 3.8) is 0 Å². The van der Waals surface area contributed by atoms with Gasteiger partial charge in [-0.25, -0.2) is 4.79 Å². The highest BCUT2D eigenvalue weighted by molar-refractivity contribution is 5.92. The van der Waals surface area contributed by atoms with Gasteiger partial charge in [-0.15, -0.1) is 0 Å². The highest BCUT2D eigenvalue weighted by Gasteiger charge is 2.31. The molecule has 0 saturated heterocycles. The molecule has 1 aliphatic rings. The van der Waals surface area contributed by atoms with E-state index in [4.69, 9.17) is 19.9 Å². The number of carbonyl (C=O) groups is 1. The Morgan fingerprint density at radius 1 is 0.947 bits per heavy atom. The van der Waals surface area contributed by atoms with Crippen LogP contribution < -0.4 is 19.9 Å². The van der Waals surface area contributed by atoms with Crippen LogP contribution in [-0.4, -0.2) is 5.97 Å². The van der Waals surface area contributed by atoms with E-state index in [0.717, 1.165) is 22.3 Å². The molecule has 6 nitrogen and oxygen atoms in total. The molecular formula is C32H26N2O4. The van der Waals surface area contributed by atoms with Gasteiger partial charge < -0.3 is 19.9 Å². The molecule has 0 aromatic heterocycles. The molecule has 0 radical (unpaired) electrons. The molecule has 6 heteroatoms. The second kappa shape index (κ2) is 10.5. The van der Waals surface area contributed by atoms with Crippen LogP contribution in [0.1, 0.15) is 44.1 Å². The molecular weight excluding hydrogens is 476 g/mol. The minimum absolute atomic E-state index is 0.0124. The Hall–Kier alpha value is -5.02. The van der Waals surface area contributed by atoms with Gasteiger partial charge in [0.15, 0.2) is 0 Å². The van der Waals surface area contributed by atoms with Crippen molar-refractivity contribution in [2.45, 2.75) is 26.4 Å². The quantitative estimate of drug-likeness (QED) is 0.245. The van der Waals surface area contributed by atoms with Gasteiger partial charge in [0.2, 0.25) is 5.88 Å². The standard InChI is InChI=1S/C32H26N2O4/c1-20-10-12-22(13-11-20)19-36-24-8-5-7-23(16-24)30-27-15-14-25(17-29(27)38-31(34)28(30)18-33)37-32(35)26-9-4-3-6-21(26)2/h3-17,30H,19,34H2,1-2H3. The predicted molar refractivity (Wildman–Crippen MR) is 144 cm³/mol. The number of allylic oxidation sites excluding steroid dienone is 1. The summed E-state index contributed by atoms with van der Waals surface area (Å²) in [7, 11) is 0. The zero-order valence-electron chi connectivity index (χ0n) is 21.1. The van der Waals surface area contributed by atoms with Crippen molar-refractivity contribution < 1.29 is 19.0 Å². The average molecular weight is 503 g/mol. The monoisotopic (exact) mass is 502 g/mol. The Labute approximate surface area is 221 Å². The molecule has 4 aromatic carbocycles. The molecule has 0 amide bonds. The van der Waals surface area contributed by atoms with Crippen LogP contribution in [0.3, 0.4) is 0 Å². The van der Waals surface area contributed by atoms with Crippen LogP contribution in [0.4, 0.5) is 0 Å². The summed E-state index contributed by atoms with van der Waals surface area (Å²) in [5, 5.41) is 9.92. The van der Waals surface area contributed by atoms with Gasteiger partial charge in [0.05, 0.1) is 11.5 Å². The maximum Gasteiger partial charge on any atom is 0.343 e. The molecule has 0 spiro atoms. The fraction of sp³-hybridized carbons (Fsp3) is 0.125. The van der Waals surface area contributed by atoms with Crippen molar-refractivity contribution in [3.8, 4) is 23.3 Å². The lowest BCUT2D eigenvalue weighted by atomic mass is 9.83. The van der Waals surface area contributed by atoms with E-state index < -0.39 is 11.9 Å². The highest BCUT2D eigenvalue weighted by Crippen LogP contribution is 2.44. The number of hydrogen-bond acceptors (Lipinski definition) is 6. The minimum Gasteiger partial charge on any atom is -0.489 e. The van der Waals surface area contributed by atoms with Crippen LogP contribution in [-0.2, 0) is 6.61 Å². The summed E-state index contributed by atoms with van der Waals surface area (Å²) in [4.78, 5) is 12.7. The summed E-state index contributed by atoms with van der Waals surface area (Å²) in [5.41, 5.74) is 11.6. The van der Waals surface area contributed by atoms with Crippen molar-refractivity contribution in [2.24, 2.45) is 5.73 Å². The van der Waals surface area contributed by atoms with Crippen LogP contribution in [0.25, 0.3) is 0 Å². The van der Waals surface area contributed by atoms with E-state index in [1.807, 2.05) is 74.5 Å². The van der Waals surface area contributed by atoms with Crippen molar-refractivity contribution >= 4 is 5.97 Å². The number of esters is 1. The third kappa shape index (κ3) is 5.09. The van der Waals surface area contributed by atoms with Crippen LogP contribution in [0, 0.1) is 25.2 Å². The van der Waals surface area contributed by atoms with Crippen molar-refractivity contribution in [2.75, 3.05) is 0 Å². The maximum atomic E-state index is 12.7. The molecule has 1 aliphatic heterocycles. The first-order valence-corrected chi connectivity index (χ1v) is 12.2. The maximum absolute atomic E-state index is 12.7. The molecule has 4 aromatic rings. The van der Waals surface area contributed by atoms with Gasteiger partial charge in [-0.05, 0) is 54.8 Å². The third-order valence-corrected chi connectivity index (χ3v) is 6.48. The van der Waals surface area contributed by atoms with E-state index in [0.29, 0.717) is 35.0 Å². The first-order valence-electron chi connectivity index (χ1n) is 12.2. The van der Waals surface area contributed by atoms with Crippen molar-refractivity contribution in [3.05, 3.63) is 136 Å². The number of nitriles is 1. The molecule has 0 aliphatic carbocycles. The Morgan fingerprint density at radius 3 is 2.50 bits per heavy atom. The smallest absolute Gasteiger partial charge is 0.343 e. The lowest BCUT2D eigenvalue weighted by Gasteiger charge is -2.27. The number of aryl methyl sites for hydroxylation is 2. The lowest BCUT2D eigenvalue weighted by Crippen LogP contribution is -2.21. The van der Waals surface area contributed by atoms with Crippen LogP contribution in [0.15, 0.2) is 102 Å². The number of hydrogen-bond donors (Lipinski definition) is 1. The average Bonchev–Trinajstić information content (AvgIpc) is 2.92. The van der Waals surface area contributed by atoms with Crippen LogP contribution >= 0.6 is 0 Å². The molecule has 1 atom stereocenters.